The van der Waals surface area contributed by atoms with Gasteiger partial charge in [-0.05, 0) is 30.7 Å². The second-order valence-electron chi connectivity index (χ2n) is 4.05. The second-order valence-corrected chi connectivity index (χ2v) is 5.76. The van der Waals surface area contributed by atoms with Crippen LogP contribution in [0.3, 0.4) is 0 Å². The molecule has 0 radical (unpaired) electrons. The molecule has 0 saturated heterocycles. The van der Waals surface area contributed by atoms with Crippen molar-refractivity contribution in [2.75, 3.05) is 0 Å². The van der Waals surface area contributed by atoms with Gasteiger partial charge in [-0.1, -0.05) is 6.92 Å². The number of nitrogens with one attached hydrogen (secondary N) is 2. The quantitative estimate of drug-likeness (QED) is 0.774. The van der Waals surface area contributed by atoms with E-state index in [1.807, 2.05) is 6.92 Å². The van der Waals surface area contributed by atoms with Crippen LogP contribution in [0.5, 0.6) is 5.75 Å². The lowest BCUT2D eigenvalue weighted by atomic mass is 10.2. The summed E-state index contributed by atoms with van der Waals surface area (Å²) in [5, 5.41) is 9.17. The van der Waals surface area contributed by atoms with Crippen LogP contribution in [-0.4, -0.2) is 23.5 Å². The van der Waals surface area contributed by atoms with Gasteiger partial charge in [-0.15, -0.1) is 0 Å². The van der Waals surface area contributed by atoms with Crippen LogP contribution < -0.4 is 4.72 Å². The lowest BCUT2D eigenvalue weighted by Crippen LogP contribution is -2.29. The van der Waals surface area contributed by atoms with E-state index < -0.39 is 16.1 Å². The summed E-state index contributed by atoms with van der Waals surface area (Å²) in [7, 11) is -3.64. The summed E-state index contributed by atoms with van der Waals surface area (Å²) in [6, 6.07) is 4.97. The number of aromatic hydroxyl groups is 1. The van der Waals surface area contributed by atoms with Gasteiger partial charge in [-0.25, -0.2) is 18.1 Å². The van der Waals surface area contributed by atoms with Crippen molar-refractivity contribution < 1.29 is 13.5 Å². The molecule has 2 rings (SSSR count). The van der Waals surface area contributed by atoms with Gasteiger partial charge in [0.15, 0.2) is 0 Å². The molecule has 0 fully saturated rings. The van der Waals surface area contributed by atoms with Gasteiger partial charge in [0.2, 0.25) is 10.0 Å². The number of imidazole rings is 1. The van der Waals surface area contributed by atoms with Crippen LogP contribution in [0.25, 0.3) is 0 Å². The summed E-state index contributed by atoms with van der Waals surface area (Å²) in [4.78, 5) is 7.06. The average molecular weight is 281 g/mol. The molecular formula is C12H15N3O3S. The van der Waals surface area contributed by atoms with Gasteiger partial charge in [0.05, 0.1) is 10.9 Å². The third-order valence-corrected chi connectivity index (χ3v) is 4.19. The number of aromatic amines is 1. The van der Waals surface area contributed by atoms with E-state index in [9.17, 15) is 13.5 Å². The Morgan fingerprint density at radius 3 is 2.58 bits per heavy atom. The third kappa shape index (κ3) is 3.12. The first kappa shape index (κ1) is 13.6. The number of benzene rings is 1. The van der Waals surface area contributed by atoms with Gasteiger partial charge in [0.1, 0.15) is 11.6 Å². The highest BCUT2D eigenvalue weighted by Gasteiger charge is 2.21. The zero-order valence-corrected chi connectivity index (χ0v) is 11.2. The van der Waals surface area contributed by atoms with E-state index in [2.05, 4.69) is 14.7 Å². The molecular weight excluding hydrogens is 266 g/mol. The Hall–Kier alpha value is -1.86. The minimum absolute atomic E-state index is 0.0250. The maximum atomic E-state index is 12.2. The first-order valence-corrected chi connectivity index (χ1v) is 7.32. The molecule has 0 spiro atoms. The fourth-order valence-corrected chi connectivity index (χ4v) is 2.96. The maximum Gasteiger partial charge on any atom is 0.241 e. The normalized spacial score (nSPS) is 13.3. The number of phenolic OH excluding ortho intramolecular Hbond substituents is 1. The second kappa shape index (κ2) is 5.41. The molecule has 0 bridgehead atoms. The number of phenols is 1. The Labute approximate surface area is 111 Å². The predicted molar refractivity (Wildman–Crippen MR) is 70.0 cm³/mol. The minimum Gasteiger partial charge on any atom is -0.508 e. The maximum absolute atomic E-state index is 12.2. The molecule has 0 amide bonds. The van der Waals surface area contributed by atoms with E-state index in [1.54, 1.807) is 12.4 Å². The van der Waals surface area contributed by atoms with Crippen molar-refractivity contribution >= 4 is 10.0 Å². The number of nitrogens with zero attached hydrogens (tertiary/aromatic N) is 1. The summed E-state index contributed by atoms with van der Waals surface area (Å²) in [6.07, 6.45) is 3.80. The molecule has 0 aliphatic heterocycles. The van der Waals surface area contributed by atoms with Crippen molar-refractivity contribution in [3.8, 4) is 5.75 Å². The van der Waals surface area contributed by atoms with Gasteiger partial charge >= 0.3 is 0 Å². The Balaban J connectivity index is 2.23. The molecule has 102 valence electrons. The van der Waals surface area contributed by atoms with Crippen molar-refractivity contribution in [2.24, 2.45) is 0 Å². The van der Waals surface area contributed by atoms with Crippen LogP contribution in [0.2, 0.25) is 0 Å². The fraction of sp³-hybridized carbons (Fsp3) is 0.250. The Morgan fingerprint density at radius 2 is 2.05 bits per heavy atom. The molecule has 1 atom stereocenters. The molecule has 1 aromatic heterocycles. The molecule has 1 aromatic carbocycles. The van der Waals surface area contributed by atoms with Gasteiger partial charge in [0, 0.05) is 12.4 Å². The van der Waals surface area contributed by atoms with Crippen LogP contribution in [-0.2, 0) is 10.0 Å². The van der Waals surface area contributed by atoms with Crippen molar-refractivity contribution in [1.29, 1.82) is 0 Å². The van der Waals surface area contributed by atoms with Crippen LogP contribution >= 0.6 is 0 Å². The van der Waals surface area contributed by atoms with E-state index >= 15 is 0 Å². The lowest BCUT2D eigenvalue weighted by molar-refractivity contribution is 0.474. The molecule has 0 aliphatic carbocycles. The number of hydrogen-bond donors (Lipinski definition) is 3. The van der Waals surface area contributed by atoms with Crippen molar-refractivity contribution in [3.63, 3.8) is 0 Å². The van der Waals surface area contributed by atoms with Crippen molar-refractivity contribution in [3.05, 3.63) is 42.5 Å². The standard InChI is InChI=1S/C12H15N3O3S/c1-2-11(12-13-7-8-14-12)15-19(17,18)10-5-3-9(16)4-6-10/h3-8,11,15-16H,2H2,1H3,(H,13,14). The molecule has 7 heteroatoms. The Bertz CT molecular complexity index is 621. The first-order chi connectivity index (χ1) is 9.03. The van der Waals surface area contributed by atoms with Crippen molar-refractivity contribution in [2.45, 2.75) is 24.3 Å². The summed E-state index contributed by atoms with van der Waals surface area (Å²) in [6.45, 7) is 1.87. The van der Waals surface area contributed by atoms with E-state index in [1.165, 1.54) is 24.3 Å². The van der Waals surface area contributed by atoms with E-state index in [0.717, 1.165) is 0 Å². The highest BCUT2D eigenvalue weighted by molar-refractivity contribution is 7.89. The number of aromatic nitrogens is 2. The molecule has 0 aliphatic rings. The minimum atomic E-state index is -3.64. The highest BCUT2D eigenvalue weighted by atomic mass is 32.2. The zero-order valence-electron chi connectivity index (χ0n) is 10.4. The van der Waals surface area contributed by atoms with E-state index in [0.29, 0.717) is 12.2 Å². The summed E-state index contributed by atoms with van der Waals surface area (Å²) in [5.74, 6) is 0.599. The molecule has 1 heterocycles. The van der Waals surface area contributed by atoms with Gasteiger partial charge < -0.3 is 10.1 Å². The van der Waals surface area contributed by atoms with Crippen LogP contribution in [0.1, 0.15) is 25.2 Å². The van der Waals surface area contributed by atoms with Gasteiger partial charge in [-0.3, -0.25) is 0 Å². The van der Waals surface area contributed by atoms with Gasteiger partial charge in [0.25, 0.3) is 0 Å². The average Bonchev–Trinajstić information content (AvgIpc) is 2.90. The van der Waals surface area contributed by atoms with Gasteiger partial charge in [-0.2, -0.15) is 0 Å². The number of hydrogen-bond acceptors (Lipinski definition) is 4. The topological polar surface area (TPSA) is 95.1 Å². The predicted octanol–water partition coefficient (Wildman–Crippen LogP) is 1.54. The van der Waals surface area contributed by atoms with E-state index in [-0.39, 0.29) is 10.6 Å². The molecule has 6 nitrogen and oxygen atoms in total. The fourth-order valence-electron chi connectivity index (χ4n) is 1.68. The van der Waals surface area contributed by atoms with E-state index in [4.69, 9.17) is 0 Å². The largest absolute Gasteiger partial charge is 0.508 e. The lowest BCUT2D eigenvalue weighted by Gasteiger charge is -2.15. The van der Waals surface area contributed by atoms with Crippen LogP contribution in [0.15, 0.2) is 41.6 Å². The smallest absolute Gasteiger partial charge is 0.241 e. The third-order valence-electron chi connectivity index (χ3n) is 2.70. The molecule has 0 saturated carbocycles. The monoisotopic (exact) mass is 281 g/mol. The van der Waals surface area contributed by atoms with Crippen molar-refractivity contribution in [1.82, 2.24) is 14.7 Å². The first-order valence-electron chi connectivity index (χ1n) is 5.83. The van der Waals surface area contributed by atoms with Crippen LogP contribution in [0.4, 0.5) is 0 Å². The summed E-state index contributed by atoms with van der Waals surface area (Å²) in [5.41, 5.74) is 0. The highest BCUT2D eigenvalue weighted by Crippen LogP contribution is 2.19. The van der Waals surface area contributed by atoms with Crippen LogP contribution in [0, 0.1) is 0 Å². The Kier molecular flexibility index (Phi) is 3.87. The molecule has 1 unspecified atom stereocenters. The Morgan fingerprint density at radius 1 is 1.37 bits per heavy atom. The summed E-state index contributed by atoms with van der Waals surface area (Å²) < 4.78 is 26.9. The summed E-state index contributed by atoms with van der Waals surface area (Å²) >= 11 is 0. The molecule has 2 aromatic rings. The number of rotatable bonds is 5. The molecule has 3 N–H and O–H groups in total. The number of sulfonamides is 1. The SMILES string of the molecule is CCC(NS(=O)(=O)c1ccc(O)cc1)c1ncc[nH]1. The molecule has 19 heavy (non-hydrogen) atoms. The zero-order chi connectivity index (χ0) is 13.9. The number of H-pyrrole nitrogens is 1.